The SMILES string of the molecule is CCCN(CCC)C(=O)C1=Cc2ccc(C(=O)Nc3cncc(CNC(=O)OCc4ccc(NC(=O)C(CCCNC(N)=O)NC(=O)C(NC(=O)CCCCCN5C(=O)C=CC5=O)C(C)C)cc4)c3)cc2N=C(N)C1. The van der Waals surface area contributed by atoms with Crippen LogP contribution in [0.25, 0.3) is 6.08 Å². The van der Waals surface area contributed by atoms with E-state index in [4.69, 9.17) is 16.2 Å². The average Bonchev–Trinajstić information content (AvgIpc) is 3.59. The predicted molar refractivity (Wildman–Crippen MR) is 282 cm³/mol. The number of benzene rings is 2. The van der Waals surface area contributed by atoms with Gasteiger partial charge in [-0.3, -0.25) is 43.4 Å². The van der Waals surface area contributed by atoms with Crippen LogP contribution in [0.2, 0.25) is 0 Å². The zero-order chi connectivity index (χ0) is 54.4. The van der Waals surface area contributed by atoms with Crippen molar-refractivity contribution in [2.75, 3.05) is 36.8 Å². The van der Waals surface area contributed by atoms with Gasteiger partial charge in [-0.25, -0.2) is 14.6 Å². The first-order valence-corrected chi connectivity index (χ1v) is 25.1. The molecule has 10 amide bonds. The minimum Gasteiger partial charge on any atom is -0.445 e. The Labute approximate surface area is 435 Å². The first kappa shape index (κ1) is 57.5. The molecule has 2 aliphatic rings. The van der Waals surface area contributed by atoms with E-state index in [1.165, 1.54) is 24.5 Å². The van der Waals surface area contributed by atoms with Gasteiger partial charge in [0.2, 0.25) is 23.6 Å². The maximum absolute atomic E-state index is 13.6. The van der Waals surface area contributed by atoms with Crippen LogP contribution in [0.5, 0.6) is 0 Å². The Bertz CT molecular complexity index is 2640. The summed E-state index contributed by atoms with van der Waals surface area (Å²) in [4.78, 5) is 126. The fourth-order valence-corrected chi connectivity index (χ4v) is 8.08. The number of nitrogens with one attached hydrogen (secondary N) is 6. The number of carbonyl (C=O) groups excluding carboxylic acids is 9. The molecule has 400 valence electrons. The summed E-state index contributed by atoms with van der Waals surface area (Å²) in [6.45, 7) is 9.14. The number of ether oxygens (including phenoxy) is 1. The van der Waals surface area contributed by atoms with Gasteiger partial charge in [0.25, 0.3) is 17.7 Å². The molecule has 2 unspecified atom stereocenters. The molecule has 0 fully saturated rings. The Kier molecular flexibility index (Phi) is 22.0. The van der Waals surface area contributed by atoms with Crippen LogP contribution < -0.4 is 43.4 Å². The molecule has 22 nitrogen and oxygen atoms in total. The van der Waals surface area contributed by atoms with E-state index in [1.807, 2.05) is 18.7 Å². The number of amidine groups is 1. The molecule has 75 heavy (non-hydrogen) atoms. The summed E-state index contributed by atoms with van der Waals surface area (Å²) in [5.74, 6) is -2.83. The normalized spacial score (nSPS) is 13.6. The minimum atomic E-state index is -1.07. The maximum Gasteiger partial charge on any atom is 0.407 e. The molecule has 0 aliphatic carbocycles. The second kappa shape index (κ2) is 28.7. The van der Waals surface area contributed by atoms with Crippen molar-refractivity contribution in [2.24, 2.45) is 22.4 Å². The lowest BCUT2D eigenvalue weighted by atomic mass is 10.0. The number of fused-ring (bicyclic) bond motifs is 1. The summed E-state index contributed by atoms with van der Waals surface area (Å²) in [5, 5.41) is 16.2. The van der Waals surface area contributed by atoms with E-state index >= 15 is 0 Å². The molecule has 0 radical (unpaired) electrons. The van der Waals surface area contributed by atoms with Crippen LogP contribution in [0.4, 0.5) is 26.7 Å². The highest BCUT2D eigenvalue weighted by Crippen LogP contribution is 2.29. The van der Waals surface area contributed by atoms with Gasteiger partial charge in [-0.15, -0.1) is 0 Å². The third-order valence-corrected chi connectivity index (χ3v) is 11.9. The number of nitrogens with two attached hydrogens (primary N) is 2. The van der Waals surface area contributed by atoms with Gasteiger partial charge in [0.05, 0.1) is 17.6 Å². The second-order valence-electron chi connectivity index (χ2n) is 18.4. The molecule has 2 atom stereocenters. The van der Waals surface area contributed by atoms with Crippen molar-refractivity contribution in [3.63, 3.8) is 0 Å². The highest BCUT2D eigenvalue weighted by molar-refractivity contribution is 6.13. The molecule has 3 heterocycles. The van der Waals surface area contributed by atoms with Crippen molar-refractivity contribution in [2.45, 2.75) is 111 Å². The number of carbonyl (C=O) groups is 9. The van der Waals surface area contributed by atoms with Gasteiger partial charge in [0.1, 0.15) is 24.5 Å². The van der Waals surface area contributed by atoms with Gasteiger partial charge >= 0.3 is 12.1 Å². The van der Waals surface area contributed by atoms with E-state index in [2.05, 4.69) is 41.9 Å². The monoisotopic (exact) mass is 1030 g/mol. The highest BCUT2D eigenvalue weighted by Gasteiger charge is 2.29. The highest BCUT2D eigenvalue weighted by atomic mass is 16.5. The standard InChI is InChI=1S/C53H68N12O10/c1-5-22-64(23-6-2)51(72)38-26-36-15-16-37(27-42(36)61-43(54)28-38)48(69)60-40-25-35(29-56-31-40)30-58-53(74)75-32-34-13-17-39(18-14-34)59-49(70)41(11-10-21-57-52(55)73)62-50(71)47(33(3)4)63-44(66)12-8-7-9-24-65-45(67)19-20-46(65)68/h13-20,25-27,29,31,33,41,47H,5-12,21-24,28,30,32H2,1-4H3,(H2,54,61)(H,58,74)(H,59,70)(H,60,69)(H,62,71)(H,63,66)(H3,55,57,73). The molecule has 1 aromatic heterocycles. The van der Waals surface area contributed by atoms with Crippen LogP contribution >= 0.6 is 0 Å². The number of imide groups is 1. The van der Waals surface area contributed by atoms with E-state index in [0.717, 1.165) is 17.7 Å². The first-order chi connectivity index (χ1) is 35.9. The van der Waals surface area contributed by atoms with Crippen molar-refractivity contribution in [3.05, 3.63) is 101 Å². The zero-order valence-electron chi connectivity index (χ0n) is 42.9. The fourth-order valence-electron chi connectivity index (χ4n) is 8.08. The molecule has 22 heteroatoms. The number of pyridine rings is 1. The molecule has 0 saturated heterocycles. The van der Waals surface area contributed by atoms with Crippen molar-refractivity contribution in [1.82, 2.24) is 36.1 Å². The number of urea groups is 1. The number of aliphatic imine (C=N–C) groups is 1. The minimum absolute atomic E-state index is 0.0301. The van der Waals surface area contributed by atoms with Crippen LogP contribution in [-0.4, -0.2) is 112 Å². The summed E-state index contributed by atoms with van der Waals surface area (Å²) in [5.41, 5.74) is 15.3. The summed E-state index contributed by atoms with van der Waals surface area (Å²) < 4.78 is 5.41. The number of unbranched alkanes of at least 4 members (excludes halogenated alkanes) is 2. The molecule has 0 bridgehead atoms. The molecule has 5 rings (SSSR count). The van der Waals surface area contributed by atoms with Crippen LogP contribution in [0, 0.1) is 5.92 Å². The predicted octanol–water partition coefficient (Wildman–Crippen LogP) is 4.68. The number of alkyl carbamates (subject to hydrolysis) is 1. The smallest absolute Gasteiger partial charge is 0.407 e. The summed E-state index contributed by atoms with van der Waals surface area (Å²) in [6.07, 6.45) is 10.4. The number of hydrogen-bond acceptors (Lipinski definition) is 13. The Hall–Kier alpha value is -8.43. The van der Waals surface area contributed by atoms with Crippen LogP contribution in [0.15, 0.2) is 83.6 Å². The van der Waals surface area contributed by atoms with Crippen LogP contribution in [0.3, 0.4) is 0 Å². The average molecular weight is 1030 g/mol. The van der Waals surface area contributed by atoms with Gasteiger partial charge in [-0.05, 0) is 92.0 Å². The van der Waals surface area contributed by atoms with Gasteiger partial charge < -0.3 is 53.0 Å². The first-order valence-electron chi connectivity index (χ1n) is 25.1. The molecule has 0 spiro atoms. The quantitative estimate of drug-likeness (QED) is 0.0381. The summed E-state index contributed by atoms with van der Waals surface area (Å²) in [7, 11) is 0. The number of aromatic nitrogens is 1. The summed E-state index contributed by atoms with van der Waals surface area (Å²) in [6, 6.07) is 10.3. The lowest BCUT2D eigenvalue weighted by molar-refractivity contribution is -0.137. The fraction of sp³-hybridized carbons (Fsp3) is 0.415. The molecule has 0 saturated carbocycles. The lowest BCUT2D eigenvalue weighted by Gasteiger charge is -2.25. The van der Waals surface area contributed by atoms with E-state index in [9.17, 15) is 43.2 Å². The van der Waals surface area contributed by atoms with Crippen molar-refractivity contribution in [3.8, 4) is 0 Å². The molecule has 2 aliphatic heterocycles. The summed E-state index contributed by atoms with van der Waals surface area (Å²) >= 11 is 0. The maximum atomic E-state index is 13.6. The van der Waals surface area contributed by atoms with Gasteiger partial charge in [-0.2, -0.15) is 0 Å². The number of anilines is 2. The van der Waals surface area contributed by atoms with Crippen LogP contribution in [-0.2, 0) is 46.7 Å². The van der Waals surface area contributed by atoms with Gasteiger partial charge in [0.15, 0.2) is 0 Å². The molecular weight excluding hydrogens is 965 g/mol. The lowest BCUT2D eigenvalue weighted by Crippen LogP contribution is -2.54. The van der Waals surface area contributed by atoms with Crippen LogP contribution in [0.1, 0.15) is 113 Å². The Balaban J connectivity index is 1.09. The van der Waals surface area contributed by atoms with Crippen molar-refractivity contribution >= 4 is 82.4 Å². The number of hydrogen-bond donors (Lipinski definition) is 8. The zero-order valence-corrected chi connectivity index (χ0v) is 42.9. The second-order valence-corrected chi connectivity index (χ2v) is 18.4. The van der Waals surface area contributed by atoms with Crippen molar-refractivity contribution < 1.29 is 47.9 Å². The van der Waals surface area contributed by atoms with E-state index in [-0.39, 0.29) is 87.3 Å². The largest absolute Gasteiger partial charge is 0.445 e. The molecule has 3 aromatic rings. The molecule has 10 N–H and O–H groups in total. The third-order valence-electron chi connectivity index (χ3n) is 11.9. The van der Waals surface area contributed by atoms with E-state index in [1.54, 1.807) is 68.5 Å². The van der Waals surface area contributed by atoms with Gasteiger partial charge in [0, 0.05) is 86.3 Å². The Morgan fingerprint density at radius 3 is 2.20 bits per heavy atom. The van der Waals surface area contributed by atoms with Crippen molar-refractivity contribution in [1.29, 1.82) is 0 Å². The van der Waals surface area contributed by atoms with E-state index in [0.29, 0.717) is 77.2 Å². The number of amides is 10. The molecule has 2 aromatic carbocycles. The third kappa shape index (κ3) is 18.2. The molecular formula is C53H68N12O10. The van der Waals surface area contributed by atoms with Gasteiger partial charge in [-0.1, -0.05) is 52.3 Å². The number of nitrogens with zero attached hydrogens (tertiary/aromatic N) is 4. The number of rotatable bonds is 27. The Morgan fingerprint density at radius 1 is 0.800 bits per heavy atom. The number of primary amides is 1. The topological polar surface area (TPSA) is 319 Å². The van der Waals surface area contributed by atoms with E-state index < -0.39 is 41.9 Å². The Morgan fingerprint density at radius 2 is 1.52 bits per heavy atom.